The summed E-state index contributed by atoms with van der Waals surface area (Å²) in [6.45, 7) is 7.71. The molecule has 0 bridgehead atoms. The molecular weight excluding hydrogens is 302 g/mol. The number of aryl methyl sites for hydroxylation is 2. The molecule has 1 atom stereocenters. The van der Waals surface area contributed by atoms with Crippen molar-refractivity contribution >= 4 is 0 Å². The Morgan fingerprint density at radius 3 is 2.79 bits per heavy atom. The van der Waals surface area contributed by atoms with E-state index in [-0.39, 0.29) is 5.69 Å². The Morgan fingerprint density at radius 2 is 2.12 bits per heavy atom. The van der Waals surface area contributed by atoms with E-state index in [4.69, 9.17) is 0 Å². The minimum atomic E-state index is -0.0126. The lowest BCUT2D eigenvalue weighted by atomic mass is 9.97. The Balaban J connectivity index is 1.72. The minimum Gasteiger partial charge on any atom is -0.297 e. The largest absolute Gasteiger partial charge is 0.345 e. The van der Waals surface area contributed by atoms with Gasteiger partial charge in [0.2, 0.25) is 0 Å². The third-order valence-corrected chi connectivity index (χ3v) is 4.90. The summed E-state index contributed by atoms with van der Waals surface area (Å²) in [7, 11) is 1.73. The van der Waals surface area contributed by atoms with Gasteiger partial charge in [0.1, 0.15) is 5.82 Å². The summed E-state index contributed by atoms with van der Waals surface area (Å²) in [6.07, 6.45) is 5.22. The SMILES string of the molecule is CCc1ccc(CN2CCC[C@@H](c3nn(C)c(=O)n3CC)C2)nc1. The zero-order valence-corrected chi connectivity index (χ0v) is 14.9. The maximum absolute atomic E-state index is 12.1. The van der Waals surface area contributed by atoms with Crippen molar-refractivity contribution in [3.8, 4) is 0 Å². The average Bonchev–Trinajstić information content (AvgIpc) is 2.90. The molecule has 0 unspecified atom stereocenters. The molecule has 6 nitrogen and oxygen atoms in total. The maximum Gasteiger partial charge on any atom is 0.345 e. The van der Waals surface area contributed by atoms with Crippen molar-refractivity contribution in [2.75, 3.05) is 13.1 Å². The predicted molar refractivity (Wildman–Crippen MR) is 94.0 cm³/mol. The monoisotopic (exact) mass is 329 g/mol. The number of pyridine rings is 1. The quantitative estimate of drug-likeness (QED) is 0.841. The minimum absolute atomic E-state index is 0.0126. The van der Waals surface area contributed by atoms with Crippen molar-refractivity contribution in [3.63, 3.8) is 0 Å². The summed E-state index contributed by atoms with van der Waals surface area (Å²) in [5, 5.41) is 4.49. The van der Waals surface area contributed by atoms with E-state index in [2.05, 4.69) is 34.0 Å². The van der Waals surface area contributed by atoms with Gasteiger partial charge < -0.3 is 0 Å². The van der Waals surface area contributed by atoms with E-state index >= 15 is 0 Å². The molecule has 0 N–H and O–H groups in total. The van der Waals surface area contributed by atoms with Crippen molar-refractivity contribution in [2.24, 2.45) is 7.05 Å². The molecule has 0 amide bonds. The molecule has 2 aromatic heterocycles. The standard InChI is InChI=1S/C18H27N5O/c1-4-14-8-9-16(19-11-14)13-22-10-6-7-15(12-22)17-20-21(3)18(24)23(17)5-2/h8-9,11,15H,4-7,10,12-13H2,1-3H3/t15-/m1/s1. The topological polar surface area (TPSA) is 56.0 Å². The number of hydrogen-bond donors (Lipinski definition) is 0. The van der Waals surface area contributed by atoms with E-state index in [1.54, 1.807) is 7.05 Å². The highest BCUT2D eigenvalue weighted by Gasteiger charge is 2.26. The van der Waals surface area contributed by atoms with E-state index in [0.717, 1.165) is 50.4 Å². The van der Waals surface area contributed by atoms with Gasteiger partial charge in [-0.2, -0.15) is 5.10 Å². The summed E-state index contributed by atoms with van der Waals surface area (Å²) in [5.74, 6) is 1.26. The zero-order chi connectivity index (χ0) is 17.1. The molecule has 0 spiro atoms. The lowest BCUT2D eigenvalue weighted by molar-refractivity contribution is 0.192. The second-order valence-electron chi connectivity index (χ2n) is 6.59. The lowest BCUT2D eigenvalue weighted by Crippen LogP contribution is -2.35. The van der Waals surface area contributed by atoms with Crippen LogP contribution in [0.25, 0.3) is 0 Å². The molecule has 6 heteroatoms. The molecule has 3 heterocycles. The van der Waals surface area contributed by atoms with Crippen molar-refractivity contribution in [2.45, 2.75) is 52.1 Å². The number of piperidine rings is 1. The molecule has 3 rings (SSSR count). The van der Waals surface area contributed by atoms with Crippen LogP contribution in [0.2, 0.25) is 0 Å². The van der Waals surface area contributed by atoms with Crippen LogP contribution in [0.4, 0.5) is 0 Å². The Hall–Kier alpha value is -1.95. The van der Waals surface area contributed by atoms with Crippen LogP contribution in [0.5, 0.6) is 0 Å². The average molecular weight is 329 g/mol. The first kappa shape index (κ1) is 16.9. The van der Waals surface area contributed by atoms with Gasteiger partial charge in [0.15, 0.2) is 0 Å². The molecule has 1 aliphatic heterocycles. The number of likely N-dealkylation sites (tertiary alicyclic amines) is 1. The van der Waals surface area contributed by atoms with Gasteiger partial charge in [-0.05, 0) is 44.4 Å². The van der Waals surface area contributed by atoms with Crippen molar-refractivity contribution in [1.82, 2.24) is 24.2 Å². The van der Waals surface area contributed by atoms with Gasteiger partial charge >= 0.3 is 5.69 Å². The smallest absolute Gasteiger partial charge is 0.297 e. The number of hydrogen-bond acceptors (Lipinski definition) is 4. The summed E-state index contributed by atoms with van der Waals surface area (Å²) in [6, 6.07) is 4.29. The number of rotatable bonds is 5. The molecular formula is C18H27N5O. The molecule has 1 fully saturated rings. The number of aromatic nitrogens is 4. The van der Waals surface area contributed by atoms with Crippen LogP contribution in [-0.2, 0) is 26.6 Å². The van der Waals surface area contributed by atoms with Gasteiger partial charge in [-0.25, -0.2) is 9.48 Å². The van der Waals surface area contributed by atoms with Crippen molar-refractivity contribution < 1.29 is 0 Å². The molecule has 0 radical (unpaired) electrons. The van der Waals surface area contributed by atoms with E-state index in [1.165, 1.54) is 10.2 Å². The van der Waals surface area contributed by atoms with Gasteiger partial charge in [0, 0.05) is 38.8 Å². The fraction of sp³-hybridized carbons (Fsp3) is 0.611. The van der Waals surface area contributed by atoms with Gasteiger partial charge in [-0.15, -0.1) is 0 Å². The number of nitrogens with zero attached hydrogens (tertiary/aromatic N) is 5. The first-order valence-corrected chi connectivity index (χ1v) is 8.92. The van der Waals surface area contributed by atoms with Crippen LogP contribution in [-0.4, -0.2) is 37.3 Å². The van der Waals surface area contributed by atoms with Gasteiger partial charge in [0.05, 0.1) is 5.69 Å². The molecule has 2 aromatic rings. The van der Waals surface area contributed by atoms with Gasteiger partial charge in [0.25, 0.3) is 0 Å². The highest BCUT2D eigenvalue weighted by Crippen LogP contribution is 2.25. The third-order valence-electron chi connectivity index (χ3n) is 4.90. The summed E-state index contributed by atoms with van der Waals surface area (Å²) in [4.78, 5) is 19.1. The van der Waals surface area contributed by atoms with E-state index in [9.17, 15) is 4.79 Å². The van der Waals surface area contributed by atoms with Crippen LogP contribution in [0.3, 0.4) is 0 Å². The van der Waals surface area contributed by atoms with Gasteiger partial charge in [-0.1, -0.05) is 13.0 Å². The highest BCUT2D eigenvalue weighted by atomic mass is 16.2. The van der Waals surface area contributed by atoms with E-state index < -0.39 is 0 Å². The van der Waals surface area contributed by atoms with Crippen LogP contribution >= 0.6 is 0 Å². The molecule has 0 aromatic carbocycles. The normalized spacial score (nSPS) is 18.9. The second-order valence-corrected chi connectivity index (χ2v) is 6.59. The second kappa shape index (κ2) is 7.30. The first-order chi connectivity index (χ1) is 11.6. The fourth-order valence-corrected chi connectivity index (χ4v) is 3.52. The third kappa shape index (κ3) is 3.43. The van der Waals surface area contributed by atoms with E-state index in [0.29, 0.717) is 12.5 Å². The molecule has 1 saturated heterocycles. The summed E-state index contributed by atoms with van der Waals surface area (Å²) >= 11 is 0. The van der Waals surface area contributed by atoms with Crippen LogP contribution in [0.15, 0.2) is 23.1 Å². The zero-order valence-electron chi connectivity index (χ0n) is 14.9. The maximum atomic E-state index is 12.1. The Morgan fingerprint density at radius 1 is 1.29 bits per heavy atom. The molecule has 0 aliphatic carbocycles. The summed E-state index contributed by atoms with van der Waals surface area (Å²) in [5.41, 5.74) is 2.37. The van der Waals surface area contributed by atoms with Crippen LogP contribution in [0, 0.1) is 0 Å². The van der Waals surface area contributed by atoms with Crippen molar-refractivity contribution in [3.05, 3.63) is 45.9 Å². The van der Waals surface area contributed by atoms with Crippen LogP contribution in [0.1, 0.15) is 49.7 Å². The highest BCUT2D eigenvalue weighted by molar-refractivity contribution is 5.14. The lowest BCUT2D eigenvalue weighted by Gasteiger charge is -2.32. The molecule has 130 valence electrons. The van der Waals surface area contributed by atoms with Crippen LogP contribution < -0.4 is 5.69 Å². The Kier molecular flexibility index (Phi) is 5.14. The Bertz CT molecular complexity index is 731. The van der Waals surface area contributed by atoms with Crippen molar-refractivity contribution in [1.29, 1.82) is 0 Å². The Labute approximate surface area is 143 Å². The molecule has 24 heavy (non-hydrogen) atoms. The van der Waals surface area contributed by atoms with Gasteiger partial charge in [-0.3, -0.25) is 14.5 Å². The van der Waals surface area contributed by atoms with E-state index in [1.807, 2.05) is 17.7 Å². The fourth-order valence-electron chi connectivity index (χ4n) is 3.52. The predicted octanol–water partition coefficient (Wildman–Crippen LogP) is 1.94. The molecule has 0 saturated carbocycles. The summed E-state index contributed by atoms with van der Waals surface area (Å²) < 4.78 is 3.27. The first-order valence-electron chi connectivity index (χ1n) is 8.92. The molecule has 1 aliphatic rings.